The second-order valence-electron chi connectivity index (χ2n) is 5.19. The van der Waals surface area contributed by atoms with E-state index in [0.717, 1.165) is 6.42 Å². The fourth-order valence-electron chi connectivity index (χ4n) is 1.24. The van der Waals surface area contributed by atoms with Crippen molar-refractivity contribution in [3.63, 3.8) is 0 Å². The molecule has 0 radical (unpaired) electrons. The van der Waals surface area contributed by atoms with Crippen molar-refractivity contribution >= 4 is 18.6 Å². The van der Waals surface area contributed by atoms with Crippen molar-refractivity contribution in [1.82, 2.24) is 5.43 Å². The summed E-state index contributed by atoms with van der Waals surface area (Å²) in [4.78, 5) is 0. The molecule has 1 aromatic rings. The van der Waals surface area contributed by atoms with Crippen molar-refractivity contribution in [1.29, 1.82) is 0 Å². The Morgan fingerprint density at radius 1 is 1.37 bits per heavy atom. The predicted octanol–water partition coefficient (Wildman–Crippen LogP) is 3.32. The molecule has 0 aliphatic rings. The summed E-state index contributed by atoms with van der Waals surface area (Å²) in [5.41, 5.74) is 3.55. The quantitative estimate of drug-likeness (QED) is 0.645. The van der Waals surface area contributed by atoms with Gasteiger partial charge in [-0.1, -0.05) is 6.92 Å². The van der Waals surface area contributed by atoms with E-state index in [4.69, 9.17) is 4.74 Å². The number of nitrogens with zero attached hydrogens (tertiary/aromatic N) is 1. The van der Waals surface area contributed by atoms with E-state index in [1.807, 2.05) is 33.8 Å². The summed E-state index contributed by atoms with van der Waals surface area (Å²) in [5, 5.41) is 13.9. The Morgan fingerprint density at radius 3 is 2.58 bits per heavy atom. The van der Waals surface area contributed by atoms with Crippen molar-refractivity contribution in [3.8, 4) is 11.5 Å². The summed E-state index contributed by atoms with van der Waals surface area (Å²) in [6.07, 6.45) is 2.55. The molecule has 0 aromatic heterocycles. The van der Waals surface area contributed by atoms with Crippen molar-refractivity contribution in [2.45, 2.75) is 39.7 Å². The Labute approximate surface area is 121 Å². The van der Waals surface area contributed by atoms with Gasteiger partial charge in [0.1, 0.15) is 11.5 Å². The van der Waals surface area contributed by atoms with Gasteiger partial charge in [0.2, 0.25) is 0 Å². The number of phenolic OH excluding ortho intramolecular Hbond substituents is 1. The number of aromatic hydroxyl groups is 1. The van der Waals surface area contributed by atoms with Crippen LogP contribution in [0.1, 0.15) is 39.7 Å². The molecule has 0 atom stereocenters. The third kappa shape index (κ3) is 6.91. The first kappa shape index (κ1) is 17.6. The molecule has 0 aliphatic carbocycles. The Morgan fingerprint density at radius 2 is 2.05 bits per heavy atom. The van der Waals surface area contributed by atoms with Crippen molar-refractivity contribution in [3.05, 3.63) is 23.8 Å². The molecule has 0 unspecified atom stereocenters. The lowest BCUT2D eigenvalue weighted by atomic mass is 10.1. The molecule has 0 amide bonds. The summed E-state index contributed by atoms with van der Waals surface area (Å²) in [5.74, 6) is 0.846. The maximum absolute atomic E-state index is 9.82. The van der Waals surface area contributed by atoms with E-state index in [1.165, 1.54) is 0 Å². The van der Waals surface area contributed by atoms with Crippen LogP contribution < -0.4 is 10.2 Å². The first-order valence-electron chi connectivity index (χ1n) is 6.18. The number of nitrogens with one attached hydrogen (secondary N) is 1. The van der Waals surface area contributed by atoms with Crippen LogP contribution in [-0.4, -0.2) is 23.5 Å². The van der Waals surface area contributed by atoms with Gasteiger partial charge < -0.3 is 15.3 Å². The van der Waals surface area contributed by atoms with E-state index in [9.17, 15) is 5.11 Å². The molecule has 0 heterocycles. The highest BCUT2D eigenvalue weighted by molar-refractivity contribution is 5.85. The third-order valence-corrected chi connectivity index (χ3v) is 2.08. The van der Waals surface area contributed by atoms with Crippen LogP contribution in [0.5, 0.6) is 11.5 Å². The average molecular weight is 287 g/mol. The SMILES string of the molecule is CCCOc1ccc(/C=N/NC(C)(C)C)c(O)c1.Cl. The van der Waals surface area contributed by atoms with Crippen LogP contribution in [-0.2, 0) is 0 Å². The van der Waals surface area contributed by atoms with E-state index in [0.29, 0.717) is 17.9 Å². The molecule has 1 rings (SSSR count). The first-order chi connectivity index (χ1) is 8.42. The number of halogens is 1. The van der Waals surface area contributed by atoms with E-state index in [-0.39, 0.29) is 23.7 Å². The molecule has 0 saturated heterocycles. The fourth-order valence-corrected chi connectivity index (χ4v) is 1.24. The molecule has 108 valence electrons. The summed E-state index contributed by atoms with van der Waals surface area (Å²) in [6, 6.07) is 5.22. The molecule has 1 aromatic carbocycles. The van der Waals surface area contributed by atoms with E-state index < -0.39 is 0 Å². The number of hydrogen-bond donors (Lipinski definition) is 2. The summed E-state index contributed by atoms with van der Waals surface area (Å²) in [6.45, 7) is 8.75. The van der Waals surface area contributed by atoms with Gasteiger partial charge in [-0.2, -0.15) is 5.10 Å². The highest BCUT2D eigenvalue weighted by Gasteiger charge is 2.06. The Bertz CT molecular complexity index is 414. The molecular weight excluding hydrogens is 264 g/mol. The zero-order chi connectivity index (χ0) is 13.6. The predicted molar refractivity (Wildman–Crippen MR) is 81.6 cm³/mol. The lowest BCUT2D eigenvalue weighted by Crippen LogP contribution is -2.31. The van der Waals surface area contributed by atoms with Crippen LogP contribution >= 0.6 is 12.4 Å². The second kappa shape index (κ2) is 7.89. The molecule has 4 nitrogen and oxygen atoms in total. The summed E-state index contributed by atoms with van der Waals surface area (Å²) < 4.78 is 5.43. The van der Waals surface area contributed by atoms with Gasteiger partial charge in [0.25, 0.3) is 0 Å². The minimum atomic E-state index is -0.0870. The molecule has 5 heteroatoms. The highest BCUT2D eigenvalue weighted by Crippen LogP contribution is 2.22. The van der Waals surface area contributed by atoms with Crippen molar-refractivity contribution in [2.75, 3.05) is 6.61 Å². The number of ether oxygens (including phenoxy) is 1. The molecule has 19 heavy (non-hydrogen) atoms. The number of hydrogen-bond acceptors (Lipinski definition) is 4. The van der Waals surface area contributed by atoms with Gasteiger partial charge in [-0.05, 0) is 39.3 Å². The monoisotopic (exact) mass is 286 g/mol. The maximum Gasteiger partial charge on any atom is 0.128 e. The molecule has 0 spiro atoms. The summed E-state index contributed by atoms with van der Waals surface area (Å²) in [7, 11) is 0. The normalized spacial score (nSPS) is 11.2. The van der Waals surface area contributed by atoms with Gasteiger partial charge in [-0.15, -0.1) is 12.4 Å². The highest BCUT2D eigenvalue weighted by atomic mass is 35.5. The van der Waals surface area contributed by atoms with Gasteiger partial charge in [0, 0.05) is 17.2 Å². The Hall–Kier alpha value is -1.42. The van der Waals surface area contributed by atoms with E-state index >= 15 is 0 Å². The number of benzene rings is 1. The summed E-state index contributed by atoms with van der Waals surface area (Å²) >= 11 is 0. The fraction of sp³-hybridized carbons (Fsp3) is 0.500. The van der Waals surface area contributed by atoms with Gasteiger partial charge in [-0.25, -0.2) is 0 Å². The number of hydrazone groups is 1. The maximum atomic E-state index is 9.82. The lowest BCUT2D eigenvalue weighted by molar-refractivity contribution is 0.315. The minimum Gasteiger partial charge on any atom is -0.507 e. The first-order valence-corrected chi connectivity index (χ1v) is 6.18. The smallest absolute Gasteiger partial charge is 0.128 e. The zero-order valence-electron chi connectivity index (χ0n) is 11.9. The average Bonchev–Trinajstić information content (AvgIpc) is 2.27. The molecule has 0 saturated carbocycles. The number of phenols is 1. The van der Waals surface area contributed by atoms with E-state index in [2.05, 4.69) is 10.5 Å². The van der Waals surface area contributed by atoms with Crippen molar-refractivity contribution < 1.29 is 9.84 Å². The van der Waals surface area contributed by atoms with Gasteiger partial charge in [-0.3, -0.25) is 0 Å². The number of rotatable bonds is 5. The Kier molecular flexibility index (Phi) is 7.30. The second-order valence-corrected chi connectivity index (χ2v) is 5.19. The van der Waals surface area contributed by atoms with Crippen LogP contribution in [0.4, 0.5) is 0 Å². The molecule has 0 fully saturated rings. The lowest BCUT2D eigenvalue weighted by Gasteiger charge is -2.17. The van der Waals surface area contributed by atoms with Crippen molar-refractivity contribution in [2.24, 2.45) is 5.10 Å². The topological polar surface area (TPSA) is 53.8 Å². The zero-order valence-corrected chi connectivity index (χ0v) is 12.8. The minimum absolute atomic E-state index is 0. The van der Waals surface area contributed by atoms with Gasteiger partial charge in [0.05, 0.1) is 12.8 Å². The van der Waals surface area contributed by atoms with E-state index in [1.54, 1.807) is 18.3 Å². The molecule has 2 N–H and O–H groups in total. The molecular formula is C14H23ClN2O2. The van der Waals surface area contributed by atoms with Crippen LogP contribution in [0.15, 0.2) is 23.3 Å². The Balaban J connectivity index is 0.00000324. The van der Waals surface area contributed by atoms with Gasteiger partial charge >= 0.3 is 0 Å². The van der Waals surface area contributed by atoms with Crippen LogP contribution in [0, 0.1) is 0 Å². The molecule has 0 aliphatic heterocycles. The molecule has 0 bridgehead atoms. The van der Waals surface area contributed by atoms with Gasteiger partial charge in [0.15, 0.2) is 0 Å². The third-order valence-electron chi connectivity index (χ3n) is 2.08. The largest absolute Gasteiger partial charge is 0.507 e. The van der Waals surface area contributed by atoms with Crippen LogP contribution in [0.25, 0.3) is 0 Å². The van der Waals surface area contributed by atoms with Crippen LogP contribution in [0.3, 0.4) is 0 Å². The standard InChI is InChI=1S/C14H22N2O2.ClH/c1-5-8-18-12-7-6-11(13(17)9-12)10-15-16-14(2,3)4;/h6-7,9-10,16-17H,5,8H2,1-4H3;1H/b15-10+;. The van der Waals surface area contributed by atoms with Crippen LogP contribution in [0.2, 0.25) is 0 Å².